The summed E-state index contributed by atoms with van der Waals surface area (Å²) in [6.45, 7) is 0.919. The average Bonchev–Trinajstić information content (AvgIpc) is 3.04. The summed E-state index contributed by atoms with van der Waals surface area (Å²) in [6, 6.07) is 13.6. The zero-order valence-corrected chi connectivity index (χ0v) is 21.8. The quantitative estimate of drug-likeness (QED) is 0.449. The van der Waals surface area contributed by atoms with Gasteiger partial charge in [-0.2, -0.15) is 0 Å². The van der Waals surface area contributed by atoms with Crippen LogP contribution in [0, 0.1) is 11.8 Å². The molecule has 36 heavy (non-hydrogen) atoms. The molecule has 3 atom stereocenters. The molecular weight excluding hydrogens is 478 g/mol. The molecule has 0 spiro atoms. The zero-order valence-electron chi connectivity index (χ0n) is 20.9. The SMILES string of the molecule is Cl.Cn1c(=O)n(C)c2cc(C(O)COc3ccc(CNC45CC6CC(CC(O)(C6)C4)C5)cc3)ccc21. The molecule has 4 saturated carbocycles. The molecule has 0 amide bonds. The smallest absolute Gasteiger partial charge is 0.328 e. The Morgan fingerprint density at radius 3 is 2.36 bits per heavy atom. The fourth-order valence-corrected chi connectivity index (χ4v) is 7.42. The normalized spacial score (nSPS) is 29.3. The van der Waals surface area contributed by atoms with Gasteiger partial charge in [-0.05, 0) is 85.8 Å². The van der Waals surface area contributed by atoms with Gasteiger partial charge in [-0.1, -0.05) is 18.2 Å². The van der Waals surface area contributed by atoms with Gasteiger partial charge in [0.2, 0.25) is 0 Å². The third kappa shape index (κ3) is 4.47. The lowest BCUT2D eigenvalue weighted by Crippen LogP contribution is -2.64. The summed E-state index contributed by atoms with van der Waals surface area (Å²) in [7, 11) is 3.48. The number of aliphatic hydroxyl groups excluding tert-OH is 1. The summed E-state index contributed by atoms with van der Waals surface area (Å²) in [5.74, 6) is 2.05. The van der Waals surface area contributed by atoms with Crippen LogP contribution in [0.1, 0.15) is 55.8 Å². The second-order valence-electron chi connectivity index (χ2n) is 11.4. The van der Waals surface area contributed by atoms with Gasteiger partial charge in [-0.25, -0.2) is 4.79 Å². The van der Waals surface area contributed by atoms with Crippen molar-refractivity contribution in [2.75, 3.05) is 6.61 Å². The largest absolute Gasteiger partial charge is 0.491 e. The number of halogens is 1. The molecule has 0 radical (unpaired) electrons. The number of fused-ring (bicyclic) bond motifs is 1. The molecule has 8 heteroatoms. The molecular formula is C28H36ClN3O4. The van der Waals surface area contributed by atoms with Crippen LogP contribution >= 0.6 is 12.4 Å². The highest BCUT2D eigenvalue weighted by molar-refractivity contribution is 5.85. The van der Waals surface area contributed by atoms with E-state index in [0.717, 1.165) is 42.4 Å². The van der Waals surface area contributed by atoms with Crippen molar-refractivity contribution < 1.29 is 14.9 Å². The van der Waals surface area contributed by atoms with Crippen molar-refractivity contribution in [3.8, 4) is 5.75 Å². The Balaban J connectivity index is 0.00000267. The average molecular weight is 514 g/mol. The van der Waals surface area contributed by atoms with Crippen LogP contribution in [0.5, 0.6) is 5.75 Å². The van der Waals surface area contributed by atoms with E-state index in [1.54, 1.807) is 23.2 Å². The van der Waals surface area contributed by atoms with E-state index >= 15 is 0 Å². The predicted molar refractivity (Wildman–Crippen MR) is 142 cm³/mol. The molecule has 4 aliphatic carbocycles. The molecule has 4 bridgehead atoms. The van der Waals surface area contributed by atoms with Gasteiger partial charge in [0.25, 0.3) is 0 Å². The zero-order chi connectivity index (χ0) is 24.4. The Bertz CT molecular complexity index is 1300. The number of benzene rings is 2. The van der Waals surface area contributed by atoms with Gasteiger partial charge >= 0.3 is 5.69 Å². The van der Waals surface area contributed by atoms with Gasteiger partial charge in [0.15, 0.2) is 0 Å². The number of ether oxygens (including phenoxy) is 1. The minimum atomic E-state index is -0.794. The van der Waals surface area contributed by atoms with E-state index in [-0.39, 0.29) is 30.2 Å². The van der Waals surface area contributed by atoms with E-state index in [4.69, 9.17) is 4.74 Å². The van der Waals surface area contributed by atoms with Gasteiger partial charge in [0.05, 0.1) is 16.6 Å². The highest BCUT2D eigenvalue weighted by Gasteiger charge is 2.56. The summed E-state index contributed by atoms with van der Waals surface area (Å²) in [5, 5.41) is 25.5. The molecule has 0 saturated heterocycles. The van der Waals surface area contributed by atoms with Crippen LogP contribution in [0.2, 0.25) is 0 Å². The number of aliphatic hydroxyl groups is 2. The van der Waals surface area contributed by atoms with Gasteiger partial charge in [0.1, 0.15) is 18.5 Å². The van der Waals surface area contributed by atoms with Crippen LogP contribution in [0.25, 0.3) is 11.0 Å². The van der Waals surface area contributed by atoms with Gasteiger partial charge in [-0.15, -0.1) is 12.4 Å². The molecule has 3 aromatic rings. The van der Waals surface area contributed by atoms with Crippen molar-refractivity contribution in [1.82, 2.24) is 14.5 Å². The predicted octanol–water partition coefficient (Wildman–Crippen LogP) is 3.58. The van der Waals surface area contributed by atoms with Crippen molar-refractivity contribution in [1.29, 1.82) is 0 Å². The van der Waals surface area contributed by atoms with Crippen LogP contribution in [0.3, 0.4) is 0 Å². The number of nitrogens with one attached hydrogen (secondary N) is 1. The maximum absolute atomic E-state index is 12.1. The minimum Gasteiger partial charge on any atom is -0.491 e. The lowest BCUT2D eigenvalue weighted by Gasteiger charge is -2.60. The molecule has 4 aliphatic rings. The highest BCUT2D eigenvalue weighted by Crippen LogP contribution is 2.57. The third-order valence-corrected chi connectivity index (χ3v) is 8.71. The standard InChI is InChI=1S/C28H35N3O4.ClH/c1-30-23-8-5-21(10-24(23)31(2)26(30)33)25(32)16-35-22-6-3-18(4-7-22)15-29-27-11-19-9-20(12-27)14-28(34,13-19)17-27;/h3-8,10,19-20,25,29,32,34H,9,11-17H2,1-2H3;1H. The van der Waals surface area contributed by atoms with Crippen molar-refractivity contribution >= 4 is 23.4 Å². The Morgan fingerprint density at radius 1 is 1.03 bits per heavy atom. The number of rotatable bonds is 7. The molecule has 194 valence electrons. The first-order valence-corrected chi connectivity index (χ1v) is 12.8. The van der Waals surface area contributed by atoms with Crippen molar-refractivity contribution in [3.05, 3.63) is 64.1 Å². The maximum atomic E-state index is 12.1. The first kappa shape index (κ1) is 25.3. The van der Waals surface area contributed by atoms with Gasteiger partial charge < -0.3 is 20.3 Å². The number of imidazole rings is 1. The number of aryl methyl sites for hydroxylation is 2. The molecule has 7 nitrogen and oxygen atoms in total. The van der Waals surface area contributed by atoms with Crippen LogP contribution in [0.4, 0.5) is 0 Å². The molecule has 3 unspecified atom stereocenters. The fraction of sp³-hybridized carbons (Fsp3) is 0.536. The lowest BCUT2D eigenvalue weighted by molar-refractivity contribution is -0.142. The van der Waals surface area contributed by atoms with Crippen LogP contribution in [-0.4, -0.2) is 37.1 Å². The summed E-state index contributed by atoms with van der Waals surface area (Å²) in [6.07, 6.45) is 5.74. The van der Waals surface area contributed by atoms with Crippen LogP contribution in [0.15, 0.2) is 47.3 Å². The molecule has 7 rings (SSSR count). The maximum Gasteiger partial charge on any atom is 0.328 e. The summed E-state index contributed by atoms with van der Waals surface area (Å²) >= 11 is 0. The van der Waals surface area contributed by atoms with Crippen molar-refractivity contribution in [2.45, 2.75) is 62.3 Å². The van der Waals surface area contributed by atoms with E-state index in [0.29, 0.717) is 17.6 Å². The topological polar surface area (TPSA) is 88.7 Å². The lowest BCUT2D eigenvalue weighted by atomic mass is 9.51. The first-order valence-electron chi connectivity index (χ1n) is 12.8. The summed E-state index contributed by atoms with van der Waals surface area (Å²) < 4.78 is 9.05. The first-order chi connectivity index (χ1) is 16.7. The highest BCUT2D eigenvalue weighted by atomic mass is 35.5. The Hall–Kier alpha value is -2.32. The van der Waals surface area contributed by atoms with E-state index in [1.165, 1.54) is 24.8 Å². The van der Waals surface area contributed by atoms with E-state index in [9.17, 15) is 15.0 Å². The summed E-state index contributed by atoms with van der Waals surface area (Å²) in [4.78, 5) is 12.1. The molecule has 3 N–H and O–H groups in total. The number of hydrogen-bond donors (Lipinski definition) is 3. The Labute approximate surface area is 217 Å². The second kappa shape index (κ2) is 9.21. The van der Waals surface area contributed by atoms with E-state index < -0.39 is 11.7 Å². The second-order valence-corrected chi connectivity index (χ2v) is 11.4. The Kier molecular flexibility index (Phi) is 6.48. The van der Waals surface area contributed by atoms with Crippen molar-refractivity contribution in [3.63, 3.8) is 0 Å². The molecule has 1 aromatic heterocycles. The third-order valence-electron chi connectivity index (χ3n) is 8.71. The fourth-order valence-electron chi connectivity index (χ4n) is 7.42. The molecule has 2 aromatic carbocycles. The van der Waals surface area contributed by atoms with E-state index in [2.05, 4.69) is 17.4 Å². The molecule has 1 heterocycles. The Morgan fingerprint density at radius 2 is 1.69 bits per heavy atom. The van der Waals surface area contributed by atoms with Crippen LogP contribution in [-0.2, 0) is 20.6 Å². The number of nitrogens with zero attached hydrogens (tertiary/aromatic N) is 2. The monoisotopic (exact) mass is 513 g/mol. The van der Waals surface area contributed by atoms with E-state index in [1.807, 2.05) is 30.3 Å². The van der Waals surface area contributed by atoms with Gasteiger partial charge in [-0.3, -0.25) is 9.13 Å². The number of aromatic nitrogens is 2. The van der Waals surface area contributed by atoms with Crippen molar-refractivity contribution in [2.24, 2.45) is 25.9 Å². The van der Waals surface area contributed by atoms with Gasteiger partial charge in [0, 0.05) is 26.2 Å². The molecule has 0 aliphatic heterocycles. The summed E-state index contributed by atoms with van der Waals surface area (Å²) in [5.41, 5.74) is 3.08. The number of hydrogen-bond acceptors (Lipinski definition) is 5. The molecule has 4 fully saturated rings. The van der Waals surface area contributed by atoms with Crippen LogP contribution < -0.4 is 15.7 Å². The minimum absolute atomic E-state index is 0.